The van der Waals surface area contributed by atoms with E-state index in [1.54, 1.807) is 12.1 Å². The molecule has 7 nitrogen and oxygen atoms in total. The Morgan fingerprint density at radius 1 is 1.23 bits per heavy atom. The minimum atomic E-state index is -0.642. The molecule has 0 amide bonds. The number of pyridine rings is 1. The highest BCUT2D eigenvalue weighted by Crippen LogP contribution is 2.38. The maximum absolute atomic E-state index is 14.9. The van der Waals surface area contributed by atoms with Crippen LogP contribution in [0.25, 0.3) is 11.0 Å². The molecule has 2 aromatic heterocycles. The SMILES string of the molecule is Fc1cc2ncnc(Nc3ccc(OC4CC4)c(Cl)c3F)c2nc1N1C[C@@H]2C[C@H]1CN2. The zero-order valence-electron chi connectivity index (χ0n) is 16.4. The predicted molar refractivity (Wildman–Crippen MR) is 113 cm³/mol. The van der Waals surface area contributed by atoms with Gasteiger partial charge in [0.1, 0.15) is 22.6 Å². The van der Waals surface area contributed by atoms with Crippen molar-refractivity contribution < 1.29 is 13.5 Å². The second-order valence-corrected chi connectivity index (χ2v) is 8.59. The van der Waals surface area contributed by atoms with Crippen LogP contribution in [0.15, 0.2) is 24.5 Å². The van der Waals surface area contributed by atoms with Crippen molar-refractivity contribution in [2.45, 2.75) is 37.5 Å². The number of nitrogens with one attached hydrogen (secondary N) is 2. The van der Waals surface area contributed by atoms with Crippen LogP contribution in [0.3, 0.4) is 0 Å². The summed E-state index contributed by atoms with van der Waals surface area (Å²) in [5, 5.41) is 6.25. The van der Waals surface area contributed by atoms with E-state index in [1.807, 2.05) is 4.90 Å². The molecule has 0 radical (unpaired) electrons. The lowest BCUT2D eigenvalue weighted by atomic mass is 10.2. The third kappa shape index (κ3) is 3.32. The summed E-state index contributed by atoms with van der Waals surface area (Å²) in [7, 11) is 0. The second-order valence-electron chi connectivity index (χ2n) is 8.21. The summed E-state index contributed by atoms with van der Waals surface area (Å²) in [6, 6.07) is 5.07. The van der Waals surface area contributed by atoms with Gasteiger partial charge >= 0.3 is 0 Å². The van der Waals surface area contributed by atoms with Gasteiger partial charge < -0.3 is 20.3 Å². The Hall–Kier alpha value is -2.78. The quantitative estimate of drug-likeness (QED) is 0.620. The Bertz CT molecular complexity index is 1190. The molecule has 3 aliphatic rings. The Morgan fingerprint density at radius 2 is 2.10 bits per heavy atom. The lowest BCUT2D eigenvalue weighted by Crippen LogP contribution is -2.44. The zero-order chi connectivity index (χ0) is 21.1. The van der Waals surface area contributed by atoms with Crippen molar-refractivity contribution in [3.05, 3.63) is 41.2 Å². The highest BCUT2D eigenvalue weighted by atomic mass is 35.5. The summed E-state index contributed by atoms with van der Waals surface area (Å²) in [5.74, 6) is -0.206. The topological polar surface area (TPSA) is 75.2 Å². The molecule has 31 heavy (non-hydrogen) atoms. The van der Waals surface area contributed by atoms with Gasteiger partial charge in [-0.1, -0.05) is 11.6 Å². The first-order chi connectivity index (χ1) is 15.1. The number of aromatic nitrogens is 3. The van der Waals surface area contributed by atoms with Crippen LogP contribution < -0.4 is 20.3 Å². The van der Waals surface area contributed by atoms with E-state index in [0.717, 1.165) is 25.8 Å². The second kappa shape index (κ2) is 7.13. The molecule has 2 bridgehead atoms. The zero-order valence-corrected chi connectivity index (χ0v) is 17.2. The highest BCUT2D eigenvalue weighted by Gasteiger charge is 2.39. The van der Waals surface area contributed by atoms with Gasteiger partial charge in [0, 0.05) is 31.2 Å². The minimum absolute atomic E-state index is 0.0875. The van der Waals surface area contributed by atoms with Gasteiger partial charge in [0.2, 0.25) is 0 Å². The molecule has 1 aliphatic carbocycles. The van der Waals surface area contributed by atoms with Crippen LogP contribution in [0.4, 0.5) is 26.1 Å². The molecule has 1 saturated carbocycles. The van der Waals surface area contributed by atoms with Gasteiger partial charge in [-0.2, -0.15) is 0 Å². The van der Waals surface area contributed by atoms with E-state index in [-0.39, 0.29) is 34.5 Å². The summed E-state index contributed by atoms with van der Waals surface area (Å²) in [6.45, 7) is 1.50. The molecule has 2 N–H and O–H groups in total. The van der Waals surface area contributed by atoms with E-state index in [0.29, 0.717) is 29.4 Å². The van der Waals surface area contributed by atoms with Gasteiger partial charge in [0.25, 0.3) is 0 Å². The number of piperazine rings is 1. The van der Waals surface area contributed by atoms with Crippen LogP contribution >= 0.6 is 11.6 Å². The maximum Gasteiger partial charge on any atom is 0.169 e. The summed E-state index contributed by atoms with van der Waals surface area (Å²) in [5.41, 5.74) is 0.829. The standard InChI is InChI=1S/C21H19ClF2N6O/c22-17-16(31-12-1-2-12)4-3-14(18(17)24)28-20-19-15(26-9-27-20)6-13(23)21(29-19)30-8-10-5-11(30)7-25-10/h3-4,6,9-12,25H,1-2,5,7-8H2,(H,26,27,28)/t10-,11-/m0/s1. The number of benzene rings is 1. The fourth-order valence-corrected chi connectivity index (χ4v) is 4.49. The molecule has 0 spiro atoms. The Morgan fingerprint density at radius 3 is 2.84 bits per heavy atom. The largest absolute Gasteiger partial charge is 0.489 e. The van der Waals surface area contributed by atoms with Crippen LogP contribution in [-0.2, 0) is 0 Å². The number of rotatable bonds is 5. The molecular weight excluding hydrogens is 426 g/mol. The summed E-state index contributed by atoms with van der Waals surface area (Å²) >= 11 is 6.17. The number of hydrogen-bond donors (Lipinski definition) is 2. The van der Waals surface area contributed by atoms with Crippen molar-refractivity contribution in [1.82, 2.24) is 20.3 Å². The third-order valence-corrected chi connectivity index (χ3v) is 6.34. The van der Waals surface area contributed by atoms with E-state index in [4.69, 9.17) is 16.3 Å². The number of fused-ring (bicyclic) bond motifs is 3. The number of anilines is 3. The minimum Gasteiger partial charge on any atom is -0.489 e. The first-order valence-corrected chi connectivity index (χ1v) is 10.7. The molecular formula is C21H19ClF2N6O. The van der Waals surface area contributed by atoms with Gasteiger partial charge in [0.05, 0.1) is 17.3 Å². The van der Waals surface area contributed by atoms with E-state index in [9.17, 15) is 8.78 Å². The number of halogens is 3. The summed E-state index contributed by atoms with van der Waals surface area (Å²) in [6.07, 6.45) is 4.26. The molecule has 3 fully saturated rings. The molecule has 2 aliphatic heterocycles. The Balaban J connectivity index is 1.36. The monoisotopic (exact) mass is 444 g/mol. The molecule has 1 aromatic carbocycles. The van der Waals surface area contributed by atoms with Crippen LogP contribution in [0.1, 0.15) is 19.3 Å². The van der Waals surface area contributed by atoms with Crippen LogP contribution in [0.5, 0.6) is 5.75 Å². The molecule has 160 valence electrons. The summed E-state index contributed by atoms with van der Waals surface area (Å²) in [4.78, 5) is 14.9. The first-order valence-electron chi connectivity index (χ1n) is 10.3. The number of hydrogen-bond acceptors (Lipinski definition) is 7. The van der Waals surface area contributed by atoms with Gasteiger partial charge in [-0.05, 0) is 31.4 Å². The van der Waals surface area contributed by atoms with Gasteiger partial charge in [-0.15, -0.1) is 0 Å². The van der Waals surface area contributed by atoms with Crippen molar-refractivity contribution in [2.75, 3.05) is 23.3 Å². The fraction of sp³-hybridized carbons (Fsp3) is 0.381. The van der Waals surface area contributed by atoms with Gasteiger partial charge in [0.15, 0.2) is 23.3 Å². The van der Waals surface area contributed by atoms with E-state index < -0.39 is 11.6 Å². The molecule has 6 rings (SSSR count). The number of nitrogens with zero attached hydrogens (tertiary/aromatic N) is 4. The van der Waals surface area contributed by atoms with Crippen molar-refractivity contribution in [1.29, 1.82) is 0 Å². The molecule has 2 atom stereocenters. The first kappa shape index (κ1) is 18.9. The van der Waals surface area contributed by atoms with Gasteiger partial charge in [-0.25, -0.2) is 23.7 Å². The lowest BCUT2D eigenvalue weighted by Gasteiger charge is -2.28. The molecule has 0 unspecified atom stereocenters. The number of ether oxygens (including phenoxy) is 1. The Labute approximate surface area is 181 Å². The van der Waals surface area contributed by atoms with Crippen molar-refractivity contribution in [2.24, 2.45) is 0 Å². The van der Waals surface area contributed by atoms with Crippen LogP contribution in [0.2, 0.25) is 5.02 Å². The fourth-order valence-electron chi connectivity index (χ4n) is 4.28. The van der Waals surface area contributed by atoms with Gasteiger partial charge in [-0.3, -0.25) is 0 Å². The maximum atomic E-state index is 14.9. The average molecular weight is 445 g/mol. The molecule has 4 heterocycles. The highest BCUT2D eigenvalue weighted by molar-refractivity contribution is 6.32. The normalized spacial score (nSPS) is 22.4. The molecule has 10 heteroatoms. The average Bonchev–Trinajstić information content (AvgIpc) is 3.33. The lowest BCUT2D eigenvalue weighted by molar-refractivity contribution is 0.302. The van der Waals surface area contributed by atoms with E-state index >= 15 is 0 Å². The summed E-state index contributed by atoms with van der Waals surface area (Å²) < 4.78 is 35.4. The van der Waals surface area contributed by atoms with E-state index in [1.165, 1.54) is 12.4 Å². The Kier molecular flexibility index (Phi) is 4.36. The van der Waals surface area contributed by atoms with Crippen LogP contribution in [-0.4, -0.2) is 46.2 Å². The third-order valence-electron chi connectivity index (χ3n) is 5.99. The van der Waals surface area contributed by atoms with Crippen molar-refractivity contribution in [3.63, 3.8) is 0 Å². The van der Waals surface area contributed by atoms with E-state index in [2.05, 4.69) is 25.6 Å². The molecule has 3 aromatic rings. The predicted octanol–water partition coefficient (Wildman–Crippen LogP) is 3.79. The van der Waals surface area contributed by atoms with Crippen molar-refractivity contribution >= 4 is 40.0 Å². The molecule has 2 saturated heterocycles. The van der Waals surface area contributed by atoms with Crippen LogP contribution in [0, 0.1) is 11.6 Å². The van der Waals surface area contributed by atoms with Crippen molar-refractivity contribution in [3.8, 4) is 5.75 Å². The smallest absolute Gasteiger partial charge is 0.169 e.